The van der Waals surface area contributed by atoms with Crippen LogP contribution in [-0.4, -0.2) is 31.0 Å². The summed E-state index contributed by atoms with van der Waals surface area (Å²) in [5.74, 6) is 1.15. The van der Waals surface area contributed by atoms with Crippen LogP contribution in [0.5, 0.6) is 5.75 Å². The van der Waals surface area contributed by atoms with E-state index in [-0.39, 0.29) is 11.4 Å². The fourth-order valence-corrected chi connectivity index (χ4v) is 3.95. The molecule has 0 bridgehead atoms. The highest BCUT2D eigenvalue weighted by Gasteiger charge is 2.32. The number of para-hydroxylation sites is 1. The Morgan fingerprint density at radius 3 is 3.00 bits per heavy atom. The molecule has 0 N–H and O–H groups in total. The summed E-state index contributed by atoms with van der Waals surface area (Å²) in [5, 5.41) is 3.72. The summed E-state index contributed by atoms with van der Waals surface area (Å²) >= 11 is 0. The number of fused-ring (bicyclic) bond motifs is 1. The van der Waals surface area contributed by atoms with Crippen LogP contribution in [-0.2, 0) is 23.0 Å². The smallest absolute Gasteiger partial charge is 0.247 e. The molecular weight excluding hydrogens is 292 g/mol. The summed E-state index contributed by atoms with van der Waals surface area (Å²) in [6, 6.07) is 6.71. The monoisotopic (exact) mass is 308 g/mol. The first-order valence-electron chi connectivity index (χ1n) is 6.77. The number of nitrogens with zero attached hydrogens (tertiary/aromatic N) is 2. The van der Waals surface area contributed by atoms with Crippen molar-refractivity contribution in [3.05, 3.63) is 41.8 Å². The summed E-state index contributed by atoms with van der Waals surface area (Å²) in [4.78, 5) is 0.201. The highest BCUT2D eigenvalue weighted by atomic mass is 32.2. The van der Waals surface area contributed by atoms with Crippen molar-refractivity contribution in [2.24, 2.45) is 0 Å². The number of sulfonamides is 1. The quantitative estimate of drug-likeness (QED) is 0.861. The van der Waals surface area contributed by atoms with Gasteiger partial charge in [-0.3, -0.25) is 0 Å². The molecule has 1 aromatic heterocycles. The third-order valence-corrected chi connectivity index (χ3v) is 5.32. The van der Waals surface area contributed by atoms with Crippen LogP contribution in [0, 0.1) is 0 Å². The fraction of sp³-hybridized carbons (Fsp3) is 0.357. The van der Waals surface area contributed by atoms with E-state index in [1.165, 1.54) is 4.31 Å². The molecule has 2 heterocycles. The van der Waals surface area contributed by atoms with Gasteiger partial charge in [-0.25, -0.2) is 8.42 Å². The van der Waals surface area contributed by atoms with Gasteiger partial charge in [-0.05, 0) is 19.1 Å². The van der Waals surface area contributed by atoms with E-state index >= 15 is 0 Å². The van der Waals surface area contributed by atoms with Gasteiger partial charge < -0.3 is 9.26 Å². The highest BCUT2D eigenvalue weighted by molar-refractivity contribution is 7.89. The minimum absolute atomic E-state index is 0.201. The van der Waals surface area contributed by atoms with E-state index in [1.807, 2.05) is 6.92 Å². The Balaban J connectivity index is 1.95. The number of ether oxygens (including phenoxy) is 1. The van der Waals surface area contributed by atoms with E-state index in [0.717, 1.165) is 11.3 Å². The van der Waals surface area contributed by atoms with Crippen molar-refractivity contribution < 1.29 is 17.7 Å². The van der Waals surface area contributed by atoms with Crippen molar-refractivity contribution in [2.45, 2.75) is 24.8 Å². The van der Waals surface area contributed by atoms with Gasteiger partial charge in [0.15, 0.2) is 0 Å². The first kappa shape index (κ1) is 14.1. The second-order valence-electron chi connectivity index (χ2n) is 4.74. The molecule has 0 aliphatic carbocycles. The largest absolute Gasteiger partial charge is 0.492 e. The van der Waals surface area contributed by atoms with Crippen LogP contribution in [0.4, 0.5) is 0 Å². The first-order chi connectivity index (χ1) is 10.1. The standard InChI is InChI=1S/C14H16N2O4S/c1-2-19-13-5-3-4-6-14(13)21(17,18)16-8-7-12-11(10-16)9-15-20-12/h3-6,9H,2,7-8,10H2,1H3. The minimum Gasteiger partial charge on any atom is -0.492 e. The molecule has 0 amide bonds. The molecule has 1 aliphatic rings. The molecule has 2 aromatic rings. The van der Waals surface area contributed by atoms with Crippen molar-refractivity contribution in [3.63, 3.8) is 0 Å². The summed E-state index contributed by atoms with van der Waals surface area (Å²) in [5.41, 5.74) is 0.818. The van der Waals surface area contributed by atoms with Gasteiger partial charge in [-0.1, -0.05) is 17.3 Å². The molecule has 6 nitrogen and oxygen atoms in total. The van der Waals surface area contributed by atoms with Crippen LogP contribution in [0.3, 0.4) is 0 Å². The lowest BCUT2D eigenvalue weighted by Gasteiger charge is -2.25. The van der Waals surface area contributed by atoms with Crippen LogP contribution >= 0.6 is 0 Å². The van der Waals surface area contributed by atoms with Crippen molar-refractivity contribution in [2.75, 3.05) is 13.2 Å². The topological polar surface area (TPSA) is 72.6 Å². The maximum atomic E-state index is 12.8. The van der Waals surface area contributed by atoms with Gasteiger partial charge in [0.1, 0.15) is 16.4 Å². The second-order valence-corrected chi connectivity index (χ2v) is 6.65. The molecule has 0 saturated carbocycles. The molecule has 1 aliphatic heterocycles. The van der Waals surface area contributed by atoms with Gasteiger partial charge in [0.25, 0.3) is 0 Å². The van der Waals surface area contributed by atoms with E-state index in [2.05, 4.69) is 5.16 Å². The van der Waals surface area contributed by atoms with Crippen LogP contribution < -0.4 is 4.74 Å². The highest BCUT2D eigenvalue weighted by Crippen LogP contribution is 2.30. The molecule has 21 heavy (non-hydrogen) atoms. The lowest BCUT2D eigenvalue weighted by Crippen LogP contribution is -2.35. The molecule has 0 atom stereocenters. The molecule has 0 spiro atoms. The van der Waals surface area contributed by atoms with Gasteiger partial charge in [0.05, 0.1) is 12.8 Å². The Bertz CT molecular complexity index is 739. The molecule has 3 rings (SSSR count). The van der Waals surface area contributed by atoms with Gasteiger partial charge in [0.2, 0.25) is 10.0 Å². The van der Waals surface area contributed by atoms with E-state index in [0.29, 0.717) is 25.3 Å². The SMILES string of the molecule is CCOc1ccccc1S(=O)(=O)N1CCc2oncc2C1. The third-order valence-electron chi connectivity index (χ3n) is 3.43. The normalized spacial score (nSPS) is 15.7. The van der Waals surface area contributed by atoms with E-state index in [9.17, 15) is 8.42 Å². The lowest BCUT2D eigenvalue weighted by molar-refractivity contribution is 0.320. The van der Waals surface area contributed by atoms with Crippen LogP contribution in [0.1, 0.15) is 18.2 Å². The van der Waals surface area contributed by atoms with E-state index in [4.69, 9.17) is 9.26 Å². The zero-order valence-electron chi connectivity index (χ0n) is 11.7. The van der Waals surface area contributed by atoms with Gasteiger partial charge in [-0.2, -0.15) is 4.31 Å². The van der Waals surface area contributed by atoms with Crippen molar-refractivity contribution in [1.82, 2.24) is 9.46 Å². The Kier molecular flexibility index (Phi) is 3.69. The van der Waals surface area contributed by atoms with Crippen LogP contribution in [0.2, 0.25) is 0 Å². The molecule has 1 aromatic carbocycles. The third kappa shape index (κ3) is 2.54. The Labute approximate surface area is 123 Å². The van der Waals surface area contributed by atoms with Gasteiger partial charge in [0, 0.05) is 25.1 Å². The predicted octanol–water partition coefficient (Wildman–Crippen LogP) is 1.82. The van der Waals surface area contributed by atoms with Crippen molar-refractivity contribution >= 4 is 10.0 Å². The van der Waals surface area contributed by atoms with Crippen molar-refractivity contribution in [1.29, 1.82) is 0 Å². The summed E-state index contributed by atoms with van der Waals surface area (Å²) < 4.78 is 37.6. The number of rotatable bonds is 4. The van der Waals surface area contributed by atoms with Gasteiger partial charge in [-0.15, -0.1) is 0 Å². The molecular formula is C14H16N2O4S. The molecule has 0 saturated heterocycles. The molecule has 7 heteroatoms. The van der Waals surface area contributed by atoms with E-state index < -0.39 is 10.0 Å². The first-order valence-corrected chi connectivity index (χ1v) is 8.21. The number of hydrogen-bond acceptors (Lipinski definition) is 5. The summed E-state index contributed by atoms with van der Waals surface area (Å²) in [6.45, 7) is 2.91. The lowest BCUT2D eigenvalue weighted by atomic mass is 10.1. The van der Waals surface area contributed by atoms with Crippen LogP contribution in [0.15, 0.2) is 39.9 Å². The Morgan fingerprint density at radius 2 is 2.19 bits per heavy atom. The zero-order valence-corrected chi connectivity index (χ0v) is 12.5. The summed E-state index contributed by atoms with van der Waals surface area (Å²) in [7, 11) is -3.60. The molecule has 112 valence electrons. The molecule has 0 radical (unpaired) electrons. The Hall–Kier alpha value is -1.86. The Morgan fingerprint density at radius 1 is 1.38 bits per heavy atom. The average molecular weight is 308 g/mol. The molecule has 0 unspecified atom stereocenters. The van der Waals surface area contributed by atoms with Crippen molar-refractivity contribution in [3.8, 4) is 5.75 Å². The van der Waals surface area contributed by atoms with Crippen LogP contribution in [0.25, 0.3) is 0 Å². The number of benzene rings is 1. The summed E-state index contributed by atoms with van der Waals surface area (Å²) in [6.07, 6.45) is 2.11. The maximum absolute atomic E-state index is 12.8. The number of aromatic nitrogens is 1. The van der Waals surface area contributed by atoms with E-state index in [1.54, 1.807) is 30.5 Å². The minimum atomic E-state index is -3.60. The average Bonchev–Trinajstić information content (AvgIpc) is 2.95. The van der Waals surface area contributed by atoms with Gasteiger partial charge >= 0.3 is 0 Å². The number of hydrogen-bond donors (Lipinski definition) is 0. The second kappa shape index (κ2) is 5.50. The zero-order chi connectivity index (χ0) is 14.9. The predicted molar refractivity (Wildman–Crippen MR) is 75.4 cm³/mol. The fourth-order valence-electron chi connectivity index (χ4n) is 2.40. The molecule has 0 fully saturated rings. The maximum Gasteiger partial charge on any atom is 0.247 e.